The molecule has 3 heteroatoms. The van der Waals surface area contributed by atoms with Crippen molar-refractivity contribution in [3.63, 3.8) is 0 Å². The van der Waals surface area contributed by atoms with Gasteiger partial charge in [0.15, 0.2) is 0 Å². The third-order valence-corrected chi connectivity index (χ3v) is 4.46. The van der Waals surface area contributed by atoms with Crippen molar-refractivity contribution in [2.75, 3.05) is 13.7 Å². The van der Waals surface area contributed by atoms with Gasteiger partial charge < -0.3 is 14.6 Å². The van der Waals surface area contributed by atoms with E-state index in [1.54, 1.807) is 7.11 Å². The summed E-state index contributed by atoms with van der Waals surface area (Å²) in [5, 5.41) is 4.92. The van der Waals surface area contributed by atoms with Crippen LogP contribution in [0.15, 0.2) is 54.7 Å². The van der Waals surface area contributed by atoms with E-state index in [4.69, 9.17) is 4.74 Å². The molecule has 0 unspecified atom stereocenters. The van der Waals surface area contributed by atoms with E-state index in [0.717, 1.165) is 25.3 Å². The summed E-state index contributed by atoms with van der Waals surface area (Å²) in [7, 11) is 1.73. The summed E-state index contributed by atoms with van der Waals surface area (Å²) in [4.78, 5) is 0. The molecule has 1 N–H and O–H groups in total. The van der Waals surface area contributed by atoms with E-state index in [9.17, 15) is 0 Å². The minimum atomic E-state index is 0.470. The Balaban J connectivity index is 1.66. The van der Waals surface area contributed by atoms with Crippen molar-refractivity contribution in [1.82, 2.24) is 9.88 Å². The van der Waals surface area contributed by atoms with E-state index in [2.05, 4.69) is 66.3 Å². The molecule has 2 aromatic carbocycles. The summed E-state index contributed by atoms with van der Waals surface area (Å²) >= 11 is 0. The normalized spacial score (nSPS) is 11.3. The van der Waals surface area contributed by atoms with Crippen molar-refractivity contribution in [3.05, 3.63) is 65.9 Å². The van der Waals surface area contributed by atoms with Crippen LogP contribution in [-0.4, -0.2) is 18.2 Å². The number of methoxy groups -OCH3 is 1. The smallest absolute Gasteiger partial charge is 0.122 e. The summed E-state index contributed by atoms with van der Waals surface area (Å²) in [5.41, 5.74) is 3.92. The zero-order valence-electron chi connectivity index (χ0n) is 14.8. The van der Waals surface area contributed by atoms with Gasteiger partial charge in [-0.1, -0.05) is 36.4 Å². The van der Waals surface area contributed by atoms with Crippen molar-refractivity contribution in [2.24, 2.45) is 0 Å². The quantitative estimate of drug-likeness (QED) is 0.645. The van der Waals surface area contributed by atoms with Crippen LogP contribution in [0, 0.1) is 0 Å². The van der Waals surface area contributed by atoms with Crippen LogP contribution in [-0.2, 0) is 13.0 Å². The zero-order chi connectivity index (χ0) is 16.9. The lowest BCUT2D eigenvalue weighted by Crippen LogP contribution is -2.16. The molecule has 0 amide bonds. The van der Waals surface area contributed by atoms with Crippen LogP contribution in [0.2, 0.25) is 0 Å². The second-order valence-corrected chi connectivity index (χ2v) is 6.41. The molecule has 0 saturated carbocycles. The predicted octanol–water partition coefficient (Wildman–Crippen LogP) is 4.56. The maximum absolute atomic E-state index is 5.42. The van der Waals surface area contributed by atoms with E-state index >= 15 is 0 Å². The van der Waals surface area contributed by atoms with E-state index in [1.165, 1.54) is 22.0 Å². The van der Waals surface area contributed by atoms with Gasteiger partial charge >= 0.3 is 0 Å². The second-order valence-electron chi connectivity index (χ2n) is 6.41. The average Bonchev–Trinajstić information content (AvgIpc) is 2.98. The molecule has 0 aliphatic carbocycles. The van der Waals surface area contributed by atoms with E-state index in [0.29, 0.717) is 6.04 Å². The number of rotatable bonds is 7. The van der Waals surface area contributed by atoms with Gasteiger partial charge in [0.1, 0.15) is 5.75 Å². The molecule has 0 spiro atoms. The van der Waals surface area contributed by atoms with Crippen LogP contribution >= 0.6 is 0 Å². The maximum atomic E-state index is 5.42. The van der Waals surface area contributed by atoms with Gasteiger partial charge in [0, 0.05) is 29.7 Å². The molecule has 3 aromatic rings. The summed E-state index contributed by atoms with van der Waals surface area (Å²) in [5.74, 6) is 0.968. The van der Waals surface area contributed by atoms with Crippen LogP contribution < -0.4 is 10.1 Å². The average molecular weight is 322 g/mol. The fourth-order valence-electron chi connectivity index (χ4n) is 3.20. The molecule has 126 valence electrons. The Morgan fingerprint density at radius 2 is 1.75 bits per heavy atom. The van der Waals surface area contributed by atoms with Gasteiger partial charge in [-0.2, -0.15) is 0 Å². The first-order valence-electron chi connectivity index (χ1n) is 8.61. The van der Waals surface area contributed by atoms with Crippen molar-refractivity contribution in [2.45, 2.75) is 32.9 Å². The van der Waals surface area contributed by atoms with Gasteiger partial charge in [-0.15, -0.1) is 0 Å². The van der Waals surface area contributed by atoms with Crippen molar-refractivity contribution >= 4 is 10.9 Å². The highest BCUT2D eigenvalue weighted by Crippen LogP contribution is 2.24. The lowest BCUT2D eigenvalue weighted by Gasteiger charge is -2.09. The molecule has 0 atom stereocenters. The first kappa shape index (κ1) is 16.6. The Morgan fingerprint density at radius 3 is 2.54 bits per heavy atom. The van der Waals surface area contributed by atoms with Crippen LogP contribution in [0.3, 0.4) is 0 Å². The standard InChI is InChI=1S/C21H26N2O/c1-16(2)23-15-18(19-9-5-6-10-20(19)23)14-22-13-12-17-8-4-7-11-21(17)24-3/h4-11,15-16,22H,12-14H2,1-3H3. The number of hydrogen-bond acceptors (Lipinski definition) is 2. The first-order valence-corrected chi connectivity index (χ1v) is 8.61. The number of fused-ring (bicyclic) bond motifs is 1. The van der Waals surface area contributed by atoms with Crippen molar-refractivity contribution in [3.8, 4) is 5.75 Å². The number of nitrogens with one attached hydrogen (secondary N) is 1. The SMILES string of the molecule is COc1ccccc1CCNCc1cn(C(C)C)c2ccccc12. The Kier molecular flexibility index (Phi) is 5.21. The second kappa shape index (κ2) is 7.54. The molecule has 1 heterocycles. The highest BCUT2D eigenvalue weighted by atomic mass is 16.5. The van der Waals surface area contributed by atoms with Gasteiger partial charge in [-0.05, 0) is 50.1 Å². The lowest BCUT2D eigenvalue weighted by molar-refractivity contribution is 0.409. The lowest BCUT2D eigenvalue weighted by atomic mass is 10.1. The Bertz CT molecular complexity index is 804. The fourth-order valence-corrected chi connectivity index (χ4v) is 3.20. The molecule has 1 aromatic heterocycles. The minimum Gasteiger partial charge on any atom is -0.496 e. The highest BCUT2D eigenvalue weighted by molar-refractivity contribution is 5.84. The Hall–Kier alpha value is -2.26. The van der Waals surface area contributed by atoms with E-state index in [-0.39, 0.29) is 0 Å². The molecular weight excluding hydrogens is 296 g/mol. The molecular formula is C21H26N2O. The van der Waals surface area contributed by atoms with E-state index < -0.39 is 0 Å². The van der Waals surface area contributed by atoms with E-state index in [1.807, 2.05) is 12.1 Å². The van der Waals surface area contributed by atoms with Crippen LogP contribution in [0.5, 0.6) is 5.75 Å². The summed E-state index contributed by atoms with van der Waals surface area (Å²) < 4.78 is 7.77. The molecule has 3 rings (SSSR count). The Morgan fingerprint density at radius 1 is 1.00 bits per heavy atom. The molecule has 0 aliphatic heterocycles. The number of aromatic nitrogens is 1. The summed E-state index contributed by atoms with van der Waals surface area (Å²) in [6.07, 6.45) is 3.25. The van der Waals surface area contributed by atoms with Gasteiger partial charge in [-0.3, -0.25) is 0 Å². The highest BCUT2D eigenvalue weighted by Gasteiger charge is 2.09. The number of benzene rings is 2. The topological polar surface area (TPSA) is 26.2 Å². The van der Waals surface area contributed by atoms with Gasteiger partial charge in [-0.25, -0.2) is 0 Å². The largest absolute Gasteiger partial charge is 0.496 e. The van der Waals surface area contributed by atoms with Crippen molar-refractivity contribution in [1.29, 1.82) is 0 Å². The Labute approximate surface area is 144 Å². The third kappa shape index (κ3) is 3.46. The summed E-state index contributed by atoms with van der Waals surface area (Å²) in [6.45, 7) is 6.27. The number of ether oxygens (including phenoxy) is 1. The monoisotopic (exact) mass is 322 g/mol. The predicted molar refractivity (Wildman–Crippen MR) is 101 cm³/mol. The molecule has 0 fully saturated rings. The molecule has 0 aliphatic rings. The first-order chi connectivity index (χ1) is 11.7. The van der Waals surface area contributed by atoms with Crippen LogP contribution in [0.4, 0.5) is 0 Å². The molecule has 0 saturated heterocycles. The summed E-state index contributed by atoms with van der Waals surface area (Å²) in [6, 6.07) is 17.3. The van der Waals surface area contributed by atoms with Crippen LogP contribution in [0.25, 0.3) is 10.9 Å². The minimum absolute atomic E-state index is 0.470. The number of para-hydroxylation sites is 2. The molecule has 24 heavy (non-hydrogen) atoms. The fraction of sp³-hybridized carbons (Fsp3) is 0.333. The molecule has 0 bridgehead atoms. The molecule has 3 nitrogen and oxygen atoms in total. The number of nitrogens with zero attached hydrogens (tertiary/aromatic N) is 1. The van der Waals surface area contributed by atoms with Gasteiger partial charge in [0.2, 0.25) is 0 Å². The van der Waals surface area contributed by atoms with Gasteiger partial charge in [0.25, 0.3) is 0 Å². The zero-order valence-corrected chi connectivity index (χ0v) is 14.8. The third-order valence-electron chi connectivity index (χ3n) is 4.46. The van der Waals surface area contributed by atoms with Crippen molar-refractivity contribution < 1.29 is 4.74 Å². The molecule has 0 radical (unpaired) electrons. The maximum Gasteiger partial charge on any atom is 0.122 e. The number of hydrogen-bond donors (Lipinski definition) is 1. The van der Waals surface area contributed by atoms with Gasteiger partial charge in [0.05, 0.1) is 7.11 Å². The van der Waals surface area contributed by atoms with Crippen LogP contribution in [0.1, 0.15) is 31.0 Å².